The standard InChI is InChI=1S/C9H10Cl2N2O2/c10-7-8(11)12-5-13(9(7)14)6-1-3-15-4-2-6/h5-6H,1-4H2. The Morgan fingerprint density at radius 2 is 2.07 bits per heavy atom. The lowest BCUT2D eigenvalue weighted by molar-refractivity contribution is 0.0684. The lowest BCUT2D eigenvalue weighted by Crippen LogP contribution is -2.29. The SMILES string of the molecule is O=c1c(Cl)c(Cl)ncn1C1CCOCC1. The van der Waals surface area contributed by atoms with E-state index in [2.05, 4.69) is 4.98 Å². The molecule has 82 valence electrons. The smallest absolute Gasteiger partial charge is 0.273 e. The maximum absolute atomic E-state index is 11.8. The average molecular weight is 249 g/mol. The highest BCUT2D eigenvalue weighted by atomic mass is 35.5. The summed E-state index contributed by atoms with van der Waals surface area (Å²) in [5, 5.41) is 0.0515. The summed E-state index contributed by atoms with van der Waals surface area (Å²) in [6, 6.07) is 0.119. The minimum Gasteiger partial charge on any atom is -0.381 e. The third-order valence-corrected chi connectivity index (χ3v) is 3.21. The van der Waals surface area contributed by atoms with E-state index in [4.69, 9.17) is 27.9 Å². The summed E-state index contributed by atoms with van der Waals surface area (Å²) in [7, 11) is 0. The molecule has 0 saturated carbocycles. The Morgan fingerprint density at radius 3 is 2.73 bits per heavy atom. The van der Waals surface area contributed by atoms with E-state index in [1.165, 1.54) is 10.9 Å². The van der Waals surface area contributed by atoms with Crippen LogP contribution < -0.4 is 5.56 Å². The first-order valence-corrected chi connectivity index (χ1v) is 5.45. The van der Waals surface area contributed by atoms with Crippen LogP contribution in [0.1, 0.15) is 18.9 Å². The predicted octanol–water partition coefficient (Wildman–Crippen LogP) is 1.90. The van der Waals surface area contributed by atoms with Crippen LogP contribution in [0.3, 0.4) is 0 Å². The minimum atomic E-state index is -0.274. The second-order valence-corrected chi connectivity index (χ2v) is 4.14. The van der Waals surface area contributed by atoms with Gasteiger partial charge in [0.2, 0.25) is 0 Å². The van der Waals surface area contributed by atoms with Crippen molar-refractivity contribution >= 4 is 23.2 Å². The molecule has 0 aliphatic carbocycles. The number of halogens is 2. The molecule has 1 aromatic heterocycles. The summed E-state index contributed by atoms with van der Waals surface area (Å²) < 4.78 is 6.76. The van der Waals surface area contributed by atoms with Crippen LogP contribution in [0, 0.1) is 0 Å². The van der Waals surface area contributed by atoms with E-state index in [1.807, 2.05) is 0 Å². The van der Waals surface area contributed by atoms with Gasteiger partial charge in [-0.1, -0.05) is 23.2 Å². The zero-order valence-corrected chi connectivity index (χ0v) is 9.46. The van der Waals surface area contributed by atoms with Crippen molar-refractivity contribution in [2.24, 2.45) is 0 Å². The topological polar surface area (TPSA) is 44.1 Å². The first-order valence-electron chi connectivity index (χ1n) is 4.70. The van der Waals surface area contributed by atoms with Gasteiger partial charge in [-0.15, -0.1) is 0 Å². The Morgan fingerprint density at radius 1 is 1.40 bits per heavy atom. The van der Waals surface area contributed by atoms with Crippen LogP contribution in [0.2, 0.25) is 10.2 Å². The van der Waals surface area contributed by atoms with Crippen molar-refractivity contribution in [2.45, 2.75) is 18.9 Å². The van der Waals surface area contributed by atoms with Crippen LogP contribution in [-0.2, 0) is 4.74 Å². The molecule has 1 aliphatic heterocycles. The number of rotatable bonds is 1. The fourth-order valence-electron chi connectivity index (χ4n) is 1.65. The Bertz CT molecular complexity index is 413. The molecule has 1 aliphatic rings. The van der Waals surface area contributed by atoms with Crippen LogP contribution in [0.15, 0.2) is 11.1 Å². The molecule has 15 heavy (non-hydrogen) atoms. The molecular weight excluding hydrogens is 239 g/mol. The van der Waals surface area contributed by atoms with Crippen molar-refractivity contribution in [2.75, 3.05) is 13.2 Å². The third-order valence-electron chi connectivity index (χ3n) is 2.48. The molecular formula is C9H10Cl2N2O2. The van der Waals surface area contributed by atoms with E-state index in [0.717, 1.165) is 12.8 Å². The zero-order valence-electron chi connectivity index (χ0n) is 7.95. The minimum absolute atomic E-state index is 0.00865. The molecule has 0 bridgehead atoms. The van der Waals surface area contributed by atoms with Gasteiger partial charge in [-0.25, -0.2) is 4.98 Å². The Hall–Kier alpha value is -0.580. The van der Waals surface area contributed by atoms with Crippen molar-refractivity contribution in [3.05, 3.63) is 26.9 Å². The van der Waals surface area contributed by atoms with Crippen LogP contribution in [0.4, 0.5) is 0 Å². The molecule has 0 aromatic carbocycles. The molecule has 0 amide bonds. The van der Waals surface area contributed by atoms with E-state index >= 15 is 0 Å². The molecule has 4 nitrogen and oxygen atoms in total. The molecule has 6 heteroatoms. The summed E-state index contributed by atoms with van der Waals surface area (Å²) in [4.78, 5) is 15.6. The first kappa shape index (κ1) is 10.9. The fourth-order valence-corrected chi connectivity index (χ4v) is 1.92. The molecule has 0 N–H and O–H groups in total. The second-order valence-electron chi connectivity index (χ2n) is 3.41. The Kier molecular flexibility index (Phi) is 3.29. The maximum atomic E-state index is 11.8. The molecule has 2 heterocycles. The Labute approximate surface area is 96.8 Å². The summed E-state index contributed by atoms with van der Waals surface area (Å²) in [5.41, 5.74) is -0.274. The molecule has 0 spiro atoms. The summed E-state index contributed by atoms with van der Waals surface area (Å²) in [5.74, 6) is 0. The van der Waals surface area contributed by atoms with Gasteiger partial charge in [0.25, 0.3) is 5.56 Å². The molecule has 1 saturated heterocycles. The third kappa shape index (κ3) is 2.17. The lowest BCUT2D eigenvalue weighted by Gasteiger charge is -2.23. The van der Waals surface area contributed by atoms with Crippen molar-refractivity contribution in [1.82, 2.24) is 9.55 Å². The van der Waals surface area contributed by atoms with E-state index in [-0.39, 0.29) is 21.8 Å². The Balaban J connectivity index is 2.35. The van der Waals surface area contributed by atoms with Crippen molar-refractivity contribution in [3.8, 4) is 0 Å². The van der Waals surface area contributed by atoms with Gasteiger partial charge in [0, 0.05) is 19.3 Å². The van der Waals surface area contributed by atoms with Crippen LogP contribution in [0.5, 0.6) is 0 Å². The van der Waals surface area contributed by atoms with Gasteiger partial charge in [-0.2, -0.15) is 0 Å². The normalized spacial score (nSPS) is 18.0. The molecule has 0 unspecified atom stereocenters. The largest absolute Gasteiger partial charge is 0.381 e. The van der Waals surface area contributed by atoms with E-state index in [1.54, 1.807) is 0 Å². The van der Waals surface area contributed by atoms with Crippen molar-refractivity contribution in [3.63, 3.8) is 0 Å². The van der Waals surface area contributed by atoms with E-state index in [0.29, 0.717) is 13.2 Å². The molecule has 1 fully saturated rings. The number of hydrogen-bond acceptors (Lipinski definition) is 3. The second kappa shape index (κ2) is 4.51. The molecule has 1 aromatic rings. The summed E-state index contributed by atoms with van der Waals surface area (Å²) in [6.45, 7) is 1.33. The van der Waals surface area contributed by atoms with Gasteiger partial charge in [0.15, 0.2) is 5.15 Å². The van der Waals surface area contributed by atoms with Gasteiger partial charge < -0.3 is 4.74 Å². The highest BCUT2D eigenvalue weighted by Crippen LogP contribution is 2.20. The number of aromatic nitrogens is 2. The highest BCUT2D eigenvalue weighted by Gasteiger charge is 2.18. The van der Waals surface area contributed by atoms with Gasteiger partial charge in [-0.05, 0) is 12.8 Å². The van der Waals surface area contributed by atoms with E-state index in [9.17, 15) is 4.79 Å². The number of hydrogen-bond donors (Lipinski definition) is 0. The average Bonchev–Trinajstić information content (AvgIpc) is 2.27. The number of nitrogens with zero attached hydrogens (tertiary/aromatic N) is 2. The van der Waals surface area contributed by atoms with Crippen LogP contribution in [0.25, 0.3) is 0 Å². The lowest BCUT2D eigenvalue weighted by atomic mass is 10.1. The maximum Gasteiger partial charge on any atom is 0.273 e. The van der Waals surface area contributed by atoms with Crippen molar-refractivity contribution in [1.29, 1.82) is 0 Å². The van der Waals surface area contributed by atoms with Crippen LogP contribution >= 0.6 is 23.2 Å². The summed E-state index contributed by atoms with van der Waals surface area (Å²) >= 11 is 11.4. The first-order chi connectivity index (χ1) is 7.20. The molecule has 0 radical (unpaired) electrons. The molecule has 2 rings (SSSR count). The quantitative estimate of drug-likeness (QED) is 0.714. The van der Waals surface area contributed by atoms with Gasteiger partial charge in [0.1, 0.15) is 5.02 Å². The monoisotopic (exact) mass is 248 g/mol. The van der Waals surface area contributed by atoms with Gasteiger partial charge in [0.05, 0.1) is 6.33 Å². The summed E-state index contributed by atoms with van der Waals surface area (Å²) in [6.07, 6.45) is 3.06. The van der Waals surface area contributed by atoms with E-state index < -0.39 is 0 Å². The predicted molar refractivity (Wildman–Crippen MR) is 57.6 cm³/mol. The number of ether oxygens (including phenoxy) is 1. The van der Waals surface area contributed by atoms with Gasteiger partial charge in [-0.3, -0.25) is 9.36 Å². The van der Waals surface area contributed by atoms with Gasteiger partial charge >= 0.3 is 0 Å². The zero-order chi connectivity index (χ0) is 10.8. The molecule has 0 atom stereocenters. The van der Waals surface area contributed by atoms with Crippen LogP contribution in [-0.4, -0.2) is 22.8 Å². The highest BCUT2D eigenvalue weighted by molar-refractivity contribution is 6.40. The fraction of sp³-hybridized carbons (Fsp3) is 0.556. The van der Waals surface area contributed by atoms with Crippen molar-refractivity contribution < 1.29 is 4.74 Å².